The minimum absolute atomic E-state index is 0. The molecule has 7 heteroatoms. The zero-order valence-electron chi connectivity index (χ0n) is 15.2. The van der Waals surface area contributed by atoms with Crippen molar-refractivity contribution in [2.24, 2.45) is 10.9 Å². The maximum absolute atomic E-state index is 5.63. The number of nitrogens with zero attached hydrogens (tertiary/aromatic N) is 3. The summed E-state index contributed by atoms with van der Waals surface area (Å²) >= 11 is 0. The number of hydrogen-bond acceptors (Lipinski definition) is 3. The van der Waals surface area contributed by atoms with Crippen LogP contribution in [0.1, 0.15) is 37.6 Å². The van der Waals surface area contributed by atoms with Crippen molar-refractivity contribution in [1.29, 1.82) is 0 Å². The Kier molecular flexibility index (Phi) is 10.3. The molecule has 2 rings (SSSR count). The van der Waals surface area contributed by atoms with Crippen molar-refractivity contribution in [3.05, 3.63) is 17.5 Å². The van der Waals surface area contributed by atoms with Gasteiger partial charge in [-0.05, 0) is 52.0 Å². The molecule has 1 aromatic heterocycles. The summed E-state index contributed by atoms with van der Waals surface area (Å²) in [5.74, 6) is 1.70. The van der Waals surface area contributed by atoms with Gasteiger partial charge in [0, 0.05) is 38.5 Å². The van der Waals surface area contributed by atoms with Gasteiger partial charge in [0.15, 0.2) is 5.96 Å². The molecule has 0 aromatic carbocycles. The van der Waals surface area contributed by atoms with Crippen LogP contribution in [0.3, 0.4) is 0 Å². The molecule has 138 valence electrons. The fraction of sp³-hybridized carbons (Fsp3) is 0.765. The minimum atomic E-state index is 0. The van der Waals surface area contributed by atoms with Gasteiger partial charge < -0.3 is 15.4 Å². The molecular weight excluding hydrogens is 417 g/mol. The maximum atomic E-state index is 5.63. The molecule has 1 aliphatic rings. The van der Waals surface area contributed by atoms with Crippen molar-refractivity contribution in [3.8, 4) is 0 Å². The van der Waals surface area contributed by atoms with Gasteiger partial charge in [0.1, 0.15) is 0 Å². The molecule has 0 aliphatic heterocycles. The van der Waals surface area contributed by atoms with E-state index in [-0.39, 0.29) is 24.0 Å². The Morgan fingerprint density at radius 1 is 1.38 bits per heavy atom. The van der Waals surface area contributed by atoms with E-state index in [9.17, 15) is 0 Å². The highest BCUT2D eigenvalue weighted by Crippen LogP contribution is 2.28. The smallest absolute Gasteiger partial charge is 0.191 e. The first-order chi connectivity index (χ1) is 11.2. The monoisotopic (exact) mass is 449 g/mol. The zero-order valence-corrected chi connectivity index (χ0v) is 17.5. The topological polar surface area (TPSA) is 63.5 Å². The third kappa shape index (κ3) is 8.32. The molecule has 1 aliphatic carbocycles. The van der Waals surface area contributed by atoms with Gasteiger partial charge in [-0.15, -0.1) is 24.0 Å². The van der Waals surface area contributed by atoms with Gasteiger partial charge in [-0.3, -0.25) is 9.67 Å². The van der Waals surface area contributed by atoms with Crippen LogP contribution in [0.4, 0.5) is 0 Å². The lowest BCUT2D eigenvalue weighted by Gasteiger charge is -2.11. The average molecular weight is 449 g/mol. The normalized spacial score (nSPS) is 14.4. The van der Waals surface area contributed by atoms with Gasteiger partial charge in [0.25, 0.3) is 0 Å². The summed E-state index contributed by atoms with van der Waals surface area (Å²) in [6, 6.07) is 2.11. The first kappa shape index (κ1) is 21.2. The highest BCUT2D eigenvalue weighted by molar-refractivity contribution is 14.0. The Hall–Kier alpha value is -0.830. The number of halogens is 1. The maximum Gasteiger partial charge on any atom is 0.191 e. The Bertz CT molecular complexity index is 499. The fourth-order valence-corrected chi connectivity index (χ4v) is 2.43. The lowest BCUT2D eigenvalue weighted by atomic mass is 10.4. The number of nitrogens with one attached hydrogen (secondary N) is 2. The van der Waals surface area contributed by atoms with Crippen LogP contribution >= 0.6 is 24.0 Å². The zero-order chi connectivity index (χ0) is 16.5. The molecule has 0 unspecified atom stereocenters. The number of ether oxygens (including phenoxy) is 1. The SMILES string of the molecule is CCNC(=NCCCn1nc(C)cc1C)NCCOCC1CC1.I. The summed E-state index contributed by atoms with van der Waals surface area (Å²) in [6.07, 6.45) is 3.66. The molecular formula is C17H32IN5O. The van der Waals surface area contributed by atoms with Crippen molar-refractivity contribution in [2.75, 3.05) is 32.8 Å². The molecule has 2 N–H and O–H groups in total. The quantitative estimate of drug-likeness (QED) is 0.249. The van der Waals surface area contributed by atoms with Gasteiger partial charge in [-0.1, -0.05) is 0 Å². The first-order valence-electron chi connectivity index (χ1n) is 8.80. The Morgan fingerprint density at radius 3 is 2.79 bits per heavy atom. The molecule has 0 spiro atoms. The van der Waals surface area contributed by atoms with Crippen LogP contribution in [0.2, 0.25) is 0 Å². The van der Waals surface area contributed by atoms with Gasteiger partial charge >= 0.3 is 0 Å². The van der Waals surface area contributed by atoms with E-state index in [1.807, 2.05) is 6.92 Å². The second-order valence-electron chi connectivity index (χ2n) is 6.21. The van der Waals surface area contributed by atoms with Crippen LogP contribution in [0.25, 0.3) is 0 Å². The second kappa shape index (κ2) is 11.7. The molecule has 1 saturated carbocycles. The van der Waals surface area contributed by atoms with Crippen molar-refractivity contribution >= 4 is 29.9 Å². The van der Waals surface area contributed by atoms with Crippen molar-refractivity contribution in [2.45, 2.75) is 46.6 Å². The predicted octanol–water partition coefficient (Wildman–Crippen LogP) is 2.49. The summed E-state index contributed by atoms with van der Waals surface area (Å²) in [4.78, 5) is 4.61. The number of guanidine groups is 1. The fourth-order valence-electron chi connectivity index (χ4n) is 2.43. The molecule has 24 heavy (non-hydrogen) atoms. The standard InChI is InChI=1S/C17H31N5O.HI/c1-4-18-17(20-9-11-23-13-16-6-7-16)19-8-5-10-22-15(3)12-14(2)21-22;/h12,16H,4-11,13H2,1-3H3,(H2,18,19,20);1H. The van der Waals surface area contributed by atoms with Gasteiger partial charge in [0.05, 0.1) is 12.3 Å². The molecule has 6 nitrogen and oxygen atoms in total. The minimum Gasteiger partial charge on any atom is -0.379 e. The summed E-state index contributed by atoms with van der Waals surface area (Å²) in [6.45, 7) is 11.2. The number of aromatic nitrogens is 2. The highest BCUT2D eigenvalue weighted by Gasteiger charge is 2.20. The number of aryl methyl sites for hydroxylation is 3. The highest BCUT2D eigenvalue weighted by atomic mass is 127. The van der Waals surface area contributed by atoms with Crippen molar-refractivity contribution < 1.29 is 4.74 Å². The van der Waals surface area contributed by atoms with Crippen LogP contribution in [-0.2, 0) is 11.3 Å². The van der Waals surface area contributed by atoms with Crippen LogP contribution in [0, 0.1) is 19.8 Å². The number of aliphatic imine (C=N–C) groups is 1. The summed E-state index contributed by atoms with van der Waals surface area (Å²) in [5.41, 5.74) is 2.29. The summed E-state index contributed by atoms with van der Waals surface area (Å²) in [7, 11) is 0. The molecule has 0 saturated heterocycles. The van der Waals surface area contributed by atoms with E-state index >= 15 is 0 Å². The van der Waals surface area contributed by atoms with E-state index in [1.165, 1.54) is 18.5 Å². The van der Waals surface area contributed by atoms with Gasteiger partial charge in [-0.25, -0.2) is 0 Å². The van der Waals surface area contributed by atoms with Crippen LogP contribution in [-0.4, -0.2) is 48.6 Å². The summed E-state index contributed by atoms with van der Waals surface area (Å²) < 4.78 is 7.68. The van der Waals surface area contributed by atoms with Gasteiger partial charge in [-0.2, -0.15) is 5.10 Å². The number of rotatable bonds is 10. The Morgan fingerprint density at radius 2 is 2.17 bits per heavy atom. The van der Waals surface area contributed by atoms with E-state index in [0.29, 0.717) is 0 Å². The Labute approximate surface area is 162 Å². The lowest BCUT2D eigenvalue weighted by Crippen LogP contribution is -2.39. The first-order valence-corrected chi connectivity index (χ1v) is 8.80. The summed E-state index contributed by atoms with van der Waals surface area (Å²) in [5, 5.41) is 11.1. The second-order valence-corrected chi connectivity index (χ2v) is 6.21. The molecule has 0 radical (unpaired) electrons. The molecule has 1 fully saturated rings. The van der Waals surface area contributed by atoms with E-state index in [1.54, 1.807) is 0 Å². The molecule has 1 heterocycles. The molecule has 0 atom stereocenters. The van der Waals surface area contributed by atoms with E-state index in [2.05, 4.69) is 45.3 Å². The van der Waals surface area contributed by atoms with Crippen LogP contribution < -0.4 is 10.6 Å². The molecule has 1 aromatic rings. The van der Waals surface area contributed by atoms with E-state index in [4.69, 9.17) is 4.74 Å². The lowest BCUT2D eigenvalue weighted by molar-refractivity contribution is 0.129. The Balaban J connectivity index is 0.00000288. The third-order valence-corrected chi connectivity index (χ3v) is 3.83. The number of hydrogen-bond donors (Lipinski definition) is 2. The average Bonchev–Trinajstić information content (AvgIpc) is 3.28. The van der Waals surface area contributed by atoms with Crippen LogP contribution in [0.15, 0.2) is 11.1 Å². The third-order valence-electron chi connectivity index (χ3n) is 3.83. The van der Waals surface area contributed by atoms with Crippen molar-refractivity contribution in [3.63, 3.8) is 0 Å². The van der Waals surface area contributed by atoms with Gasteiger partial charge in [0.2, 0.25) is 0 Å². The van der Waals surface area contributed by atoms with E-state index in [0.717, 1.165) is 63.4 Å². The van der Waals surface area contributed by atoms with E-state index < -0.39 is 0 Å². The molecule has 0 bridgehead atoms. The van der Waals surface area contributed by atoms with Crippen molar-refractivity contribution in [1.82, 2.24) is 20.4 Å². The van der Waals surface area contributed by atoms with Crippen LogP contribution in [0.5, 0.6) is 0 Å². The predicted molar refractivity (Wildman–Crippen MR) is 109 cm³/mol. The largest absolute Gasteiger partial charge is 0.379 e. The molecule has 0 amide bonds.